The van der Waals surface area contributed by atoms with Crippen LogP contribution in [0.3, 0.4) is 0 Å². The maximum Gasteiger partial charge on any atom is 0.267 e. The van der Waals surface area contributed by atoms with Crippen molar-refractivity contribution >= 4 is 16.8 Å². The van der Waals surface area contributed by atoms with Crippen molar-refractivity contribution in [2.75, 3.05) is 0 Å². The summed E-state index contributed by atoms with van der Waals surface area (Å²) in [7, 11) is 0. The number of nitrogens with zero attached hydrogens (tertiary/aromatic N) is 1. The Labute approximate surface area is 75.2 Å². The molecule has 0 aliphatic heterocycles. The molecule has 0 fully saturated rings. The lowest BCUT2D eigenvalue weighted by Crippen LogP contribution is -2.12. The average Bonchev–Trinajstić information content (AvgIpc) is 2.17. The second-order valence-electron chi connectivity index (χ2n) is 2.68. The van der Waals surface area contributed by atoms with Crippen LogP contribution < -0.4 is 5.73 Å². The summed E-state index contributed by atoms with van der Waals surface area (Å²) in [5.41, 5.74) is 6.11. The van der Waals surface area contributed by atoms with E-state index in [0.29, 0.717) is 0 Å². The summed E-state index contributed by atoms with van der Waals surface area (Å²) < 4.78 is 0. The Kier molecular flexibility index (Phi) is 1.70. The zero-order chi connectivity index (χ0) is 9.26. The normalized spacial score (nSPS) is 10.2. The van der Waals surface area contributed by atoms with Gasteiger partial charge in [-0.15, -0.1) is 0 Å². The summed E-state index contributed by atoms with van der Waals surface area (Å²) in [6.07, 6.45) is 0. The van der Waals surface area contributed by atoms with Crippen LogP contribution in [0.15, 0.2) is 30.3 Å². The molecule has 0 atom stereocenters. The van der Waals surface area contributed by atoms with Gasteiger partial charge in [0.2, 0.25) is 0 Å². The predicted molar refractivity (Wildman–Crippen MR) is 49.1 cm³/mol. The number of hydrogen-bond acceptors (Lipinski definition) is 2. The number of nitrogens with two attached hydrogens (primary N) is 1. The fourth-order valence-corrected chi connectivity index (χ4v) is 1.14. The first kappa shape index (κ1) is 7.73. The molecule has 1 radical (unpaired) electrons. The number of carbonyl (C=O) groups is 1. The molecule has 2 N–H and O–H groups in total. The van der Waals surface area contributed by atoms with Crippen LogP contribution in [0.1, 0.15) is 10.5 Å². The number of carbonyl (C=O) groups excluding carboxylic acids is 1. The largest absolute Gasteiger partial charge is 0.364 e. The Balaban J connectivity index is 2.69. The SMILES string of the molecule is NC(=O)c1ccc2cc[c]cc2n1. The van der Waals surface area contributed by atoms with E-state index in [9.17, 15) is 4.79 Å². The summed E-state index contributed by atoms with van der Waals surface area (Å²) in [5, 5.41) is 0.976. The number of amides is 1. The van der Waals surface area contributed by atoms with Crippen LogP contribution in [-0.2, 0) is 0 Å². The van der Waals surface area contributed by atoms with Gasteiger partial charge in [0.25, 0.3) is 5.91 Å². The van der Waals surface area contributed by atoms with E-state index in [0.717, 1.165) is 10.9 Å². The van der Waals surface area contributed by atoms with Crippen LogP contribution in [0.4, 0.5) is 0 Å². The van der Waals surface area contributed by atoms with E-state index in [1.807, 2.05) is 12.1 Å². The number of rotatable bonds is 1. The van der Waals surface area contributed by atoms with Crippen molar-refractivity contribution in [2.45, 2.75) is 0 Å². The number of primary amides is 1. The van der Waals surface area contributed by atoms with E-state index in [1.54, 1.807) is 18.2 Å². The van der Waals surface area contributed by atoms with Crippen molar-refractivity contribution in [3.8, 4) is 0 Å². The second kappa shape index (κ2) is 2.86. The molecule has 0 spiro atoms. The molecule has 0 aliphatic carbocycles. The van der Waals surface area contributed by atoms with E-state index >= 15 is 0 Å². The van der Waals surface area contributed by atoms with Gasteiger partial charge < -0.3 is 5.73 Å². The third-order valence-electron chi connectivity index (χ3n) is 1.79. The van der Waals surface area contributed by atoms with E-state index in [-0.39, 0.29) is 5.69 Å². The van der Waals surface area contributed by atoms with Gasteiger partial charge >= 0.3 is 0 Å². The molecule has 3 heteroatoms. The molecule has 63 valence electrons. The summed E-state index contributed by atoms with van der Waals surface area (Å²) >= 11 is 0. The van der Waals surface area contributed by atoms with Crippen molar-refractivity contribution in [1.29, 1.82) is 0 Å². The fraction of sp³-hybridized carbons (Fsp3) is 0. The average molecular weight is 171 g/mol. The second-order valence-corrected chi connectivity index (χ2v) is 2.68. The minimum atomic E-state index is -0.509. The van der Waals surface area contributed by atoms with Crippen molar-refractivity contribution in [3.63, 3.8) is 0 Å². The van der Waals surface area contributed by atoms with Crippen LogP contribution >= 0.6 is 0 Å². The molecular weight excluding hydrogens is 164 g/mol. The number of hydrogen-bond donors (Lipinski definition) is 1. The Morgan fingerprint density at radius 2 is 2.23 bits per heavy atom. The van der Waals surface area contributed by atoms with Gasteiger partial charge in [0, 0.05) is 5.39 Å². The maximum absolute atomic E-state index is 10.8. The highest BCUT2D eigenvalue weighted by molar-refractivity contribution is 5.93. The zero-order valence-corrected chi connectivity index (χ0v) is 6.82. The Morgan fingerprint density at radius 1 is 1.38 bits per heavy atom. The van der Waals surface area contributed by atoms with E-state index < -0.39 is 5.91 Å². The lowest BCUT2D eigenvalue weighted by atomic mass is 10.2. The van der Waals surface area contributed by atoms with E-state index in [1.165, 1.54) is 0 Å². The Bertz CT molecular complexity index is 465. The molecule has 0 bridgehead atoms. The highest BCUT2D eigenvalue weighted by Crippen LogP contribution is 2.10. The monoisotopic (exact) mass is 171 g/mol. The third-order valence-corrected chi connectivity index (χ3v) is 1.79. The molecule has 3 nitrogen and oxygen atoms in total. The van der Waals surface area contributed by atoms with E-state index in [4.69, 9.17) is 5.73 Å². The first-order valence-electron chi connectivity index (χ1n) is 3.84. The highest BCUT2D eigenvalue weighted by atomic mass is 16.1. The van der Waals surface area contributed by atoms with Crippen LogP contribution in [-0.4, -0.2) is 10.9 Å². The first-order chi connectivity index (χ1) is 6.27. The molecule has 0 saturated heterocycles. The molecule has 1 amide bonds. The molecule has 0 aliphatic rings. The number of benzene rings is 1. The molecular formula is C10H7N2O. The summed E-state index contributed by atoms with van der Waals surface area (Å²) in [5.74, 6) is -0.509. The third kappa shape index (κ3) is 1.36. The molecule has 0 unspecified atom stereocenters. The molecule has 0 saturated carbocycles. The standard InChI is InChI=1S/C10H7N2O/c11-10(13)9-6-5-7-3-1-2-4-8(7)12-9/h1,3-6H,(H2,11,13). The van der Waals surface area contributed by atoms with Gasteiger partial charge in [0.15, 0.2) is 0 Å². The van der Waals surface area contributed by atoms with E-state index in [2.05, 4.69) is 11.1 Å². The van der Waals surface area contributed by atoms with Crippen molar-refractivity contribution in [3.05, 3.63) is 42.1 Å². The number of fused-ring (bicyclic) bond motifs is 1. The predicted octanol–water partition coefficient (Wildman–Crippen LogP) is 1.13. The molecule has 13 heavy (non-hydrogen) atoms. The lowest BCUT2D eigenvalue weighted by Gasteiger charge is -1.97. The zero-order valence-electron chi connectivity index (χ0n) is 6.82. The van der Waals surface area contributed by atoms with Gasteiger partial charge in [-0.3, -0.25) is 4.79 Å². The van der Waals surface area contributed by atoms with Gasteiger partial charge in [-0.1, -0.05) is 18.2 Å². The fourth-order valence-electron chi connectivity index (χ4n) is 1.14. The number of aromatic nitrogens is 1. The van der Waals surface area contributed by atoms with Crippen LogP contribution in [0.2, 0.25) is 0 Å². The molecule has 2 aromatic rings. The Hall–Kier alpha value is -1.90. The molecule has 1 aromatic carbocycles. The summed E-state index contributed by atoms with van der Waals surface area (Å²) in [6, 6.07) is 11.7. The summed E-state index contributed by atoms with van der Waals surface area (Å²) in [4.78, 5) is 14.9. The quantitative estimate of drug-likeness (QED) is 0.699. The van der Waals surface area contributed by atoms with Crippen LogP contribution in [0, 0.1) is 6.07 Å². The minimum Gasteiger partial charge on any atom is -0.364 e. The van der Waals surface area contributed by atoms with Gasteiger partial charge in [-0.2, -0.15) is 0 Å². The van der Waals surface area contributed by atoms with Crippen molar-refractivity contribution in [2.24, 2.45) is 5.73 Å². The lowest BCUT2D eigenvalue weighted by molar-refractivity contribution is 0.0996. The maximum atomic E-state index is 10.8. The van der Waals surface area contributed by atoms with Crippen molar-refractivity contribution < 1.29 is 4.79 Å². The smallest absolute Gasteiger partial charge is 0.267 e. The van der Waals surface area contributed by atoms with Crippen LogP contribution in [0.25, 0.3) is 10.9 Å². The molecule has 1 heterocycles. The van der Waals surface area contributed by atoms with Gasteiger partial charge in [0.05, 0.1) is 5.52 Å². The highest BCUT2D eigenvalue weighted by Gasteiger charge is 2.01. The topological polar surface area (TPSA) is 56.0 Å². The first-order valence-corrected chi connectivity index (χ1v) is 3.84. The molecule has 2 rings (SSSR count). The van der Waals surface area contributed by atoms with Crippen molar-refractivity contribution in [1.82, 2.24) is 4.98 Å². The van der Waals surface area contributed by atoms with Gasteiger partial charge in [-0.05, 0) is 18.2 Å². The Morgan fingerprint density at radius 3 is 3.00 bits per heavy atom. The summed E-state index contributed by atoms with van der Waals surface area (Å²) in [6.45, 7) is 0. The van der Waals surface area contributed by atoms with Gasteiger partial charge in [0.1, 0.15) is 5.69 Å². The molecule has 1 aromatic heterocycles. The minimum absolute atomic E-state index is 0.284. The van der Waals surface area contributed by atoms with Gasteiger partial charge in [-0.25, -0.2) is 4.98 Å². The number of pyridine rings is 1. The van der Waals surface area contributed by atoms with Crippen LogP contribution in [0.5, 0.6) is 0 Å².